The highest BCUT2D eigenvalue weighted by Crippen LogP contribution is 2.15. The summed E-state index contributed by atoms with van der Waals surface area (Å²) in [4.78, 5) is 12.1. The third-order valence-corrected chi connectivity index (χ3v) is 3.37. The van der Waals surface area contributed by atoms with Gasteiger partial charge in [0.1, 0.15) is 0 Å². The predicted octanol–water partition coefficient (Wildman–Crippen LogP) is 0.836. The van der Waals surface area contributed by atoms with Crippen molar-refractivity contribution in [3.63, 3.8) is 0 Å². The summed E-state index contributed by atoms with van der Waals surface area (Å²) >= 11 is 0. The number of carbonyl (C=O) groups excluding carboxylic acids is 1. The molecule has 1 fully saturated rings. The van der Waals surface area contributed by atoms with Crippen LogP contribution in [-0.2, 0) is 4.79 Å². The van der Waals surface area contributed by atoms with Crippen LogP contribution in [0.1, 0.15) is 24.4 Å². The minimum atomic E-state index is -0.305. The Labute approximate surface area is 107 Å². The molecule has 0 saturated carbocycles. The van der Waals surface area contributed by atoms with E-state index in [9.17, 15) is 9.90 Å². The maximum absolute atomic E-state index is 12.1. The second kappa shape index (κ2) is 6.52. The van der Waals surface area contributed by atoms with Crippen molar-refractivity contribution in [1.29, 1.82) is 0 Å². The van der Waals surface area contributed by atoms with Crippen molar-refractivity contribution in [2.24, 2.45) is 5.92 Å². The number of amides is 1. The largest absolute Gasteiger partial charge is 0.394 e. The van der Waals surface area contributed by atoms with Gasteiger partial charge in [-0.1, -0.05) is 30.3 Å². The number of rotatable bonds is 4. The van der Waals surface area contributed by atoms with E-state index in [0.717, 1.165) is 31.5 Å². The van der Waals surface area contributed by atoms with Crippen molar-refractivity contribution in [2.45, 2.75) is 18.9 Å². The summed E-state index contributed by atoms with van der Waals surface area (Å²) in [6.07, 6.45) is 1.96. The van der Waals surface area contributed by atoms with Crippen LogP contribution in [0.15, 0.2) is 30.3 Å². The molecule has 2 atom stereocenters. The first-order chi connectivity index (χ1) is 8.81. The highest BCUT2D eigenvalue weighted by Gasteiger charge is 2.23. The van der Waals surface area contributed by atoms with Gasteiger partial charge in [0, 0.05) is 6.54 Å². The first kappa shape index (κ1) is 13.1. The smallest absolute Gasteiger partial charge is 0.224 e. The molecule has 4 heteroatoms. The average molecular weight is 248 g/mol. The van der Waals surface area contributed by atoms with Crippen molar-refractivity contribution < 1.29 is 9.90 Å². The van der Waals surface area contributed by atoms with Gasteiger partial charge in [-0.25, -0.2) is 0 Å². The Morgan fingerprint density at radius 2 is 2.22 bits per heavy atom. The van der Waals surface area contributed by atoms with Gasteiger partial charge in [0.05, 0.1) is 18.6 Å². The molecule has 1 aliphatic rings. The molecule has 4 nitrogen and oxygen atoms in total. The van der Waals surface area contributed by atoms with E-state index in [-0.39, 0.29) is 24.5 Å². The lowest BCUT2D eigenvalue weighted by atomic mass is 9.98. The standard InChI is InChI=1S/C14H20N2O2/c17-10-13(11-5-2-1-3-6-11)16-14(18)12-7-4-8-15-9-12/h1-3,5-6,12-13,15,17H,4,7-10H2,(H,16,18)/t12-,13+/m0/s1. The minimum Gasteiger partial charge on any atom is -0.394 e. The topological polar surface area (TPSA) is 61.4 Å². The van der Waals surface area contributed by atoms with Crippen molar-refractivity contribution in [1.82, 2.24) is 10.6 Å². The molecule has 2 rings (SSSR count). The van der Waals surface area contributed by atoms with E-state index in [2.05, 4.69) is 10.6 Å². The van der Waals surface area contributed by atoms with Crippen LogP contribution in [0, 0.1) is 5.92 Å². The maximum Gasteiger partial charge on any atom is 0.224 e. The molecule has 3 N–H and O–H groups in total. The molecule has 0 aliphatic carbocycles. The number of aliphatic hydroxyl groups excluding tert-OH is 1. The van der Waals surface area contributed by atoms with Gasteiger partial charge in [0.2, 0.25) is 5.91 Å². The van der Waals surface area contributed by atoms with Crippen molar-refractivity contribution in [3.05, 3.63) is 35.9 Å². The Balaban J connectivity index is 1.95. The van der Waals surface area contributed by atoms with Crippen molar-refractivity contribution in [2.75, 3.05) is 19.7 Å². The van der Waals surface area contributed by atoms with Gasteiger partial charge in [0.15, 0.2) is 0 Å². The number of piperidine rings is 1. The molecule has 0 aromatic heterocycles. The SMILES string of the molecule is O=C(N[C@H](CO)c1ccccc1)[C@H]1CCCNC1. The number of aliphatic hydroxyl groups is 1. The van der Waals surface area contributed by atoms with Gasteiger partial charge < -0.3 is 15.7 Å². The van der Waals surface area contributed by atoms with Crippen LogP contribution < -0.4 is 10.6 Å². The molecule has 0 radical (unpaired) electrons. The fourth-order valence-electron chi connectivity index (χ4n) is 2.28. The average Bonchev–Trinajstić information content (AvgIpc) is 2.46. The summed E-state index contributed by atoms with van der Waals surface area (Å²) in [6.45, 7) is 1.65. The van der Waals surface area contributed by atoms with E-state index in [1.54, 1.807) is 0 Å². The normalized spacial score (nSPS) is 21.3. The minimum absolute atomic E-state index is 0.0245. The number of nitrogens with one attached hydrogen (secondary N) is 2. The van der Waals surface area contributed by atoms with Crippen LogP contribution in [0.2, 0.25) is 0 Å². The maximum atomic E-state index is 12.1. The predicted molar refractivity (Wildman–Crippen MR) is 70.0 cm³/mol. The number of benzene rings is 1. The van der Waals surface area contributed by atoms with E-state index in [0.29, 0.717) is 0 Å². The number of hydrogen-bond acceptors (Lipinski definition) is 3. The van der Waals surface area contributed by atoms with Crippen molar-refractivity contribution in [3.8, 4) is 0 Å². The second-order valence-electron chi connectivity index (χ2n) is 4.70. The van der Waals surface area contributed by atoms with Crippen LogP contribution in [0.4, 0.5) is 0 Å². The third kappa shape index (κ3) is 3.31. The summed E-state index contributed by atoms with van der Waals surface area (Å²) in [7, 11) is 0. The van der Waals surface area contributed by atoms with Crippen molar-refractivity contribution >= 4 is 5.91 Å². The second-order valence-corrected chi connectivity index (χ2v) is 4.70. The Morgan fingerprint density at radius 1 is 1.44 bits per heavy atom. The molecule has 1 amide bonds. The van der Waals surface area contributed by atoms with Crippen LogP contribution in [0.3, 0.4) is 0 Å². The summed E-state index contributed by atoms with van der Waals surface area (Å²) in [5, 5.41) is 15.5. The Kier molecular flexibility index (Phi) is 4.73. The molecule has 18 heavy (non-hydrogen) atoms. The molecule has 1 aromatic rings. The Hall–Kier alpha value is -1.39. The van der Waals surface area contributed by atoms with Crippen LogP contribution in [-0.4, -0.2) is 30.7 Å². The fraction of sp³-hybridized carbons (Fsp3) is 0.500. The zero-order valence-corrected chi connectivity index (χ0v) is 10.4. The van der Waals surface area contributed by atoms with Gasteiger partial charge in [-0.05, 0) is 24.9 Å². The number of hydrogen-bond donors (Lipinski definition) is 3. The van der Waals surface area contributed by atoms with Gasteiger partial charge >= 0.3 is 0 Å². The highest BCUT2D eigenvalue weighted by atomic mass is 16.3. The summed E-state index contributed by atoms with van der Waals surface area (Å²) in [5.41, 5.74) is 0.942. The molecule has 1 aliphatic heterocycles. The van der Waals surface area contributed by atoms with Gasteiger partial charge in [-0.3, -0.25) is 4.79 Å². The van der Waals surface area contributed by atoms with Crippen LogP contribution in [0.25, 0.3) is 0 Å². The van der Waals surface area contributed by atoms with E-state index < -0.39 is 0 Å². The molecule has 98 valence electrons. The highest BCUT2D eigenvalue weighted by molar-refractivity contribution is 5.79. The Bertz CT molecular complexity index is 375. The molecule has 1 saturated heterocycles. The third-order valence-electron chi connectivity index (χ3n) is 3.37. The lowest BCUT2D eigenvalue weighted by molar-refractivity contribution is -0.126. The first-order valence-electron chi connectivity index (χ1n) is 6.48. The lowest BCUT2D eigenvalue weighted by Crippen LogP contribution is -2.42. The summed E-state index contributed by atoms with van der Waals surface area (Å²) < 4.78 is 0. The monoisotopic (exact) mass is 248 g/mol. The van der Waals surface area contributed by atoms with Gasteiger partial charge in [-0.15, -0.1) is 0 Å². The first-order valence-corrected chi connectivity index (χ1v) is 6.48. The summed E-state index contributed by atoms with van der Waals surface area (Å²) in [5.74, 6) is 0.0571. The lowest BCUT2D eigenvalue weighted by Gasteiger charge is -2.25. The number of carbonyl (C=O) groups is 1. The van der Waals surface area contributed by atoms with E-state index in [4.69, 9.17) is 0 Å². The Morgan fingerprint density at radius 3 is 2.83 bits per heavy atom. The zero-order chi connectivity index (χ0) is 12.8. The fourth-order valence-corrected chi connectivity index (χ4v) is 2.28. The molecule has 1 aromatic carbocycles. The van der Waals surface area contributed by atoms with E-state index in [1.807, 2.05) is 30.3 Å². The molecule has 0 spiro atoms. The zero-order valence-electron chi connectivity index (χ0n) is 10.4. The summed E-state index contributed by atoms with van der Waals surface area (Å²) in [6, 6.07) is 9.27. The molecular weight excluding hydrogens is 228 g/mol. The molecule has 0 bridgehead atoms. The van der Waals surface area contributed by atoms with Gasteiger partial charge in [0.25, 0.3) is 0 Å². The quantitative estimate of drug-likeness (QED) is 0.740. The molecule has 0 unspecified atom stereocenters. The van der Waals surface area contributed by atoms with E-state index >= 15 is 0 Å². The van der Waals surface area contributed by atoms with Gasteiger partial charge in [-0.2, -0.15) is 0 Å². The van der Waals surface area contributed by atoms with Crippen LogP contribution >= 0.6 is 0 Å². The van der Waals surface area contributed by atoms with Crippen LogP contribution in [0.5, 0.6) is 0 Å². The van der Waals surface area contributed by atoms with E-state index in [1.165, 1.54) is 0 Å². The molecular formula is C14H20N2O2. The molecule has 1 heterocycles.